The van der Waals surface area contributed by atoms with Crippen molar-refractivity contribution in [1.82, 2.24) is 15.0 Å². The van der Waals surface area contributed by atoms with Gasteiger partial charge in [0.25, 0.3) is 11.5 Å². The van der Waals surface area contributed by atoms with Gasteiger partial charge < -0.3 is 4.57 Å². The lowest BCUT2D eigenvalue weighted by Crippen LogP contribution is -2.30. The van der Waals surface area contributed by atoms with Crippen molar-refractivity contribution in [2.45, 2.75) is 13.5 Å². The van der Waals surface area contributed by atoms with E-state index in [1.54, 1.807) is 35.9 Å². The van der Waals surface area contributed by atoms with Crippen LogP contribution in [0.4, 0.5) is 0 Å². The molecule has 98 valence electrons. The molecule has 6 heteroatoms. The summed E-state index contributed by atoms with van der Waals surface area (Å²) in [5.74, 6) is 4.63. The Bertz CT molecular complexity index is 646. The second kappa shape index (κ2) is 5.45. The number of carbonyl (C=O) groups excluding carboxylic acids is 1. The summed E-state index contributed by atoms with van der Waals surface area (Å²) in [7, 11) is 0. The Labute approximate surface area is 109 Å². The normalized spacial score (nSPS) is 10.2. The third-order valence-electron chi connectivity index (χ3n) is 2.76. The van der Waals surface area contributed by atoms with Crippen LogP contribution in [0.15, 0.2) is 41.5 Å². The van der Waals surface area contributed by atoms with Crippen molar-refractivity contribution >= 4 is 5.91 Å². The molecule has 0 unspecified atom stereocenters. The Morgan fingerprint density at radius 1 is 1.42 bits per heavy atom. The molecule has 0 aliphatic rings. The fourth-order valence-corrected chi connectivity index (χ4v) is 1.69. The van der Waals surface area contributed by atoms with E-state index in [0.717, 1.165) is 0 Å². The number of nitrogens with zero attached hydrogens (tertiary/aromatic N) is 2. The van der Waals surface area contributed by atoms with E-state index >= 15 is 0 Å². The van der Waals surface area contributed by atoms with Crippen LogP contribution in [-0.4, -0.2) is 15.5 Å². The Kier molecular flexibility index (Phi) is 3.72. The van der Waals surface area contributed by atoms with Gasteiger partial charge in [0.05, 0.1) is 17.8 Å². The molecule has 0 spiro atoms. The van der Waals surface area contributed by atoms with Gasteiger partial charge >= 0.3 is 0 Å². The first-order valence-corrected chi connectivity index (χ1v) is 5.74. The van der Waals surface area contributed by atoms with E-state index in [-0.39, 0.29) is 5.56 Å². The van der Waals surface area contributed by atoms with Gasteiger partial charge in [0.15, 0.2) is 0 Å². The number of amides is 1. The quantitative estimate of drug-likeness (QED) is 0.467. The van der Waals surface area contributed by atoms with Crippen molar-refractivity contribution in [1.29, 1.82) is 0 Å². The zero-order chi connectivity index (χ0) is 13.8. The summed E-state index contributed by atoms with van der Waals surface area (Å²) in [5.41, 5.74) is 3.74. The topological polar surface area (TPSA) is 90.0 Å². The average molecular weight is 258 g/mol. The molecule has 0 bridgehead atoms. The van der Waals surface area contributed by atoms with E-state index < -0.39 is 5.91 Å². The van der Waals surface area contributed by atoms with Gasteiger partial charge in [-0.05, 0) is 25.1 Å². The van der Waals surface area contributed by atoms with Gasteiger partial charge in [-0.25, -0.2) is 5.84 Å². The van der Waals surface area contributed by atoms with Crippen LogP contribution in [0.5, 0.6) is 0 Å². The van der Waals surface area contributed by atoms with Crippen LogP contribution < -0.4 is 16.8 Å². The van der Waals surface area contributed by atoms with Crippen LogP contribution in [0.1, 0.15) is 21.6 Å². The Balaban J connectivity index is 2.22. The number of aromatic nitrogens is 2. The first-order valence-electron chi connectivity index (χ1n) is 5.74. The van der Waals surface area contributed by atoms with E-state index in [1.165, 1.54) is 6.20 Å². The number of nitrogen functional groups attached to an aromatic ring is 1. The van der Waals surface area contributed by atoms with Crippen molar-refractivity contribution in [3.8, 4) is 0 Å². The summed E-state index contributed by atoms with van der Waals surface area (Å²) in [6.07, 6.45) is 3.13. The third kappa shape index (κ3) is 2.86. The van der Waals surface area contributed by atoms with Crippen LogP contribution >= 0.6 is 0 Å². The maximum atomic E-state index is 11.8. The standard InChI is InChI=1S/C13H14N4O2/c1-9-3-2-6-17(13(9)19)8-11-5-4-10(7-15-11)12(18)16-14/h2-7H,8,14H2,1H3,(H,16,18). The SMILES string of the molecule is Cc1cccn(Cc2ccc(C(=O)NN)cn2)c1=O. The number of rotatable bonds is 3. The molecule has 0 aromatic carbocycles. The second-order valence-corrected chi connectivity index (χ2v) is 4.14. The highest BCUT2D eigenvalue weighted by molar-refractivity contribution is 5.93. The lowest BCUT2D eigenvalue weighted by Gasteiger charge is -2.06. The number of hydrogen-bond donors (Lipinski definition) is 2. The molecule has 0 fully saturated rings. The highest BCUT2D eigenvalue weighted by Crippen LogP contribution is 2.02. The number of hydrogen-bond acceptors (Lipinski definition) is 4. The molecule has 19 heavy (non-hydrogen) atoms. The maximum absolute atomic E-state index is 11.8. The Hall–Kier alpha value is -2.47. The second-order valence-electron chi connectivity index (χ2n) is 4.14. The third-order valence-corrected chi connectivity index (χ3v) is 2.76. The molecule has 1 amide bonds. The van der Waals surface area contributed by atoms with Gasteiger partial charge in [-0.2, -0.15) is 0 Å². The van der Waals surface area contributed by atoms with Crippen LogP contribution in [-0.2, 0) is 6.54 Å². The van der Waals surface area contributed by atoms with Gasteiger partial charge in [0.1, 0.15) is 0 Å². The summed E-state index contributed by atoms with van der Waals surface area (Å²) in [6, 6.07) is 6.89. The highest BCUT2D eigenvalue weighted by atomic mass is 16.2. The zero-order valence-corrected chi connectivity index (χ0v) is 10.5. The monoisotopic (exact) mass is 258 g/mol. The zero-order valence-electron chi connectivity index (χ0n) is 10.5. The molecular weight excluding hydrogens is 244 g/mol. The summed E-state index contributed by atoms with van der Waals surface area (Å²) >= 11 is 0. The van der Waals surface area contributed by atoms with Crippen molar-refractivity contribution in [2.75, 3.05) is 0 Å². The fraction of sp³-hybridized carbons (Fsp3) is 0.154. The van der Waals surface area contributed by atoms with Crippen molar-refractivity contribution in [2.24, 2.45) is 5.84 Å². The van der Waals surface area contributed by atoms with Crippen molar-refractivity contribution < 1.29 is 4.79 Å². The van der Waals surface area contributed by atoms with Crippen molar-refractivity contribution in [3.05, 3.63) is 63.8 Å². The Morgan fingerprint density at radius 3 is 2.84 bits per heavy atom. The first-order chi connectivity index (χ1) is 9.11. The highest BCUT2D eigenvalue weighted by Gasteiger charge is 2.05. The number of hydrazine groups is 1. The number of nitrogens with two attached hydrogens (primary N) is 1. The summed E-state index contributed by atoms with van der Waals surface area (Å²) in [5, 5.41) is 0. The smallest absolute Gasteiger partial charge is 0.266 e. The molecule has 2 aromatic heterocycles. The number of nitrogens with one attached hydrogen (secondary N) is 1. The molecule has 2 heterocycles. The minimum atomic E-state index is -0.397. The average Bonchev–Trinajstić information content (AvgIpc) is 2.44. The molecule has 0 aliphatic heterocycles. The van der Waals surface area contributed by atoms with E-state index in [2.05, 4.69) is 4.98 Å². The van der Waals surface area contributed by atoms with Gasteiger partial charge in [-0.15, -0.1) is 0 Å². The molecule has 3 N–H and O–H groups in total. The van der Waals surface area contributed by atoms with Gasteiger partial charge in [0, 0.05) is 18.0 Å². The van der Waals surface area contributed by atoms with Crippen LogP contribution in [0.3, 0.4) is 0 Å². The lowest BCUT2D eigenvalue weighted by molar-refractivity contribution is 0.0953. The predicted octanol–water partition coefficient (Wildman–Crippen LogP) is 0.204. The molecule has 2 rings (SSSR count). The maximum Gasteiger partial charge on any atom is 0.266 e. The first kappa shape index (κ1) is 13.0. The van der Waals surface area contributed by atoms with E-state index in [0.29, 0.717) is 23.4 Å². The summed E-state index contributed by atoms with van der Waals surface area (Å²) < 4.78 is 1.57. The van der Waals surface area contributed by atoms with Gasteiger partial charge in [-0.3, -0.25) is 20.0 Å². The Morgan fingerprint density at radius 2 is 2.21 bits per heavy atom. The molecule has 0 saturated carbocycles. The number of aryl methyl sites for hydroxylation is 1. The predicted molar refractivity (Wildman–Crippen MR) is 70.4 cm³/mol. The van der Waals surface area contributed by atoms with E-state index in [1.807, 2.05) is 11.5 Å². The number of pyridine rings is 2. The minimum absolute atomic E-state index is 0.0481. The number of carbonyl (C=O) groups is 1. The van der Waals surface area contributed by atoms with Gasteiger partial charge in [-0.1, -0.05) is 6.07 Å². The lowest BCUT2D eigenvalue weighted by atomic mass is 10.2. The van der Waals surface area contributed by atoms with E-state index in [9.17, 15) is 9.59 Å². The van der Waals surface area contributed by atoms with Crippen molar-refractivity contribution in [3.63, 3.8) is 0 Å². The van der Waals surface area contributed by atoms with Gasteiger partial charge in [0.2, 0.25) is 0 Å². The fourth-order valence-electron chi connectivity index (χ4n) is 1.69. The van der Waals surface area contributed by atoms with E-state index in [4.69, 9.17) is 5.84 Å². The van der Waals surface area contributed by atoms with Crippen LogP contribution in [0.25, 0.3) is 0 Å². The molecule has 0 atom stereocenters. The largest absolute Gasteiger partial charge is 0.309 e. The minimum Gasteiger partial charge on any atom is -0.309 e. The van der Waals surface area contributed by atoms with Crippen LogP contribution in [0.2, 0.25) is 0 Å². The summed E-state index contributed by atoms with van der Waals surface area (Å²) in [6.45, 7) is 2.13. The van der Waals surface area contributed by atoms with Crippen LogP contribution in [0, 0.1) is 6.92 Å². The molecule has 0 saturated heterocycles. The summed E-state index contributed by atoms with van der Waals surface area (Å²) in [4.78, 5) is 27.2. The molecule has 2 aromatic rings. The molecular formula is C13H14N4O2. The molecule has 6 nitrogen and oxygen atoms in total. The molecule has 0 radical (unpaired) electrons. The molecule has 0 aliphatic carbocycles.